The van der Waals surface area contributed by atoms with Crippen molar-refractivity contribution < 1.29 is 13.2 Å². The van der Waals surface area contributed by atoms with Crippen LogP contribution in [-0.4, -0.2) is 33.2 Å². The molecule has 1 aromatic heterocycles. The minimum Gasteiger partial charge on any atom is -0.383 e. The molecule has 0 aliphatic carbocycles. The number of halogens is 1. The molecule has 0 saturated heterocycles. The number of nitrogens with one attached hydrogen (secondary N) is 2. The van der Waals surface area contributed by atoms with Crippen molar-refractivity contribution in [2.75, 3.05) is 19.1 Å². The first-order valence-corrected chi connectivity index (χ1v) is 8.35. The summed E-state index contributed by atoms with van der Waals surface area (Å²) in [5, 5.41) is 0. The summed E-state index contributed by atoms with van der Waals surface area (Å²) < 4.78 is 33.0. The number of hydrazine groups is 1. The molecule has 0 fully saturated rings. The lowest BCUT2D eigenvalue weighted by Gasteiger charge is -2.18. The van der Waals surface area contributed by atoms with Crippen molar-refractivity contribution in [1.29, 1.82) is 0 Å². The van der Waals surface area contributed by atoms with Crippen LogP contribution in [0.4, 0.5) is 5.82 Å². The largest absolute Gasteiger partial charge is 0.383 e. The molecule has 0 aliphatic rings. The second-order valence-electron chi connectivity index (χ2n) is 4.21. The van der Waals surface area contributed by atoms with E-state index in [4.69, 9.17) is 10.6 Å². The van der Waals surface area contributed by atoms with Crippen LogP contribution in [0.3, 0.4) is 0 Å². The Hall–Kier alpha value is -0.740. The minimum absolute atomic E-state index is 0.00780. The number of anilines is 1. The summed E-state index contributed by atoms with van der Waals surface area (Å²) >= 11 is 3.20. The molecule has 0 bridgehead atoms. The number of hydrogen-bond acceptors (Lipinski definition) is 6. The highest BCUT2D eigenvalue weighted by Crippen LogP contribution is 2.22. The van der Waals surface area contributed by atoms with Crippen molar-refractivity contribution in [2.24, 2.45) is 5.84 Å². The number of hydrogen-bond donors (Lipinski definition) is 3. The predicted octanol–water partition coefficient (Wildman–Crippen LogP) is 1.22. The van der Waals surface area contributed by atoms with E-state index in [2.05, 4.69) is 31.1 Å². The van der Waals surface area contributed by atoms with Gasteiger partial charge in [0.25, 0.3) is 0 Å². The van der Waals surface area contributed by atoms with E-state index in [0.717, 1.165) is 6.42 Å². The van der Waals surface area contributed by atoms with Crippen molar-refractivity contribution in [3.8, 4) is 0 Å². The first kappa shape index (κ1) is 17.3. The molecule has 0 aromatic carbocycles. The molecule has 0 spiro atoms. The summed E-state index contributed by atoms with van der Waals surface area (Å²) in [4.78, 5) is 3.92. The number of sulfonamides is 1. The molecule has 1 atom stereocenters. The monoisotopic (exact) mass is 366 g/mol. The molecule has 0 aliphatic heterocycles. The molecule has 1 rings (SSSR count). The van der Waals surface area contributed by atoms with Gasteiger partial charge < -0.3 is 10.2 Å². The Morgan fingerprint density at radius 2 is 2.25 bits per heavy atom. The van der Waals surface area contributed by atoms with E-state index >= 15 is 0 Å². The van der Waals surface area contributed by atoms with Gasteiger partial charge >= 0.3 is 0 Å². The maximum absolute atomic E-state index is 12.4. The summed E-state index contributed by atoms with van der Waals surface area (Å²) in [6.45, 7) is 2.28. The smallest absolute Gasteiger partial charge is 0.244 e. The first-order chi connectivity index (χ1) is 9.44. The number of nitrogens with two attached hydrogens (primary N) is 1. The zero-order chi connectivity index (χ0) is 15.2. The van der Waals surface area contributed by atoms with E-state index in [1.54, 1.807) is 0 Å². The topological polar surface area (TPSA) is 106 Å². The highest BCUT2D eigenvalue weighted by molar-refractivity contribution is 9.10. The SMILES string of the molecule is CCCC(COC)NS(=O)(=O)c1cc(Br)cnc1NN. The highest BCUT2D eigenvalue weighted by Gasteiger charge is 2.23. The lowest BCUT2D eigenvalue weighted by molar-refractivity contribution is 0.171. The maximum Gasteiger partial charge on any atom is 0.244 e. The van der Waals surface area contributed by atoms with Crippen molar-refractivity contribution in [2.45, 2.75) is 30.7 Å². The molecule has 1 aromatic rings. The van der Waals surface area contributed by atoms with Crippen molar-refractivity contribution >= 4 is 31.8 Å². The third kappa shape index (κ3) is 4.67. The Kier molecular flexibility index (Phi) is 6.83. The third-order valence-corrected chi connectivity index (χ3v) is 4.54. The predicted molar refractivity (Wildman–Crippen MR) is 80.6 cm³/mol. The molecule has 0 saturated carbocycles. The average molecular weight is 367 g/mol. The number of pyridine rings is 1. The number of ether oxygens (including phenoxy) is 1. The minimum atomic E-state index is -3.73. The fraction of sp³-hybridized carbons (Fsp3) is 0.545. The molecule has 1 unspecified atom stereocenters. The molecule has 20 heavy (non-hydrogen) atoms. The Balaban J connectivity index is 3.06. The standard InChI is InChI=1S/C11H19BrN4O3S/c1-3-4-9(7-19-2)16-20(17,18)10-5-8(12)6-14-11(10)15-13/h5-6,9,16H,3-4,7,13H2,1-2H3,(H,14,15). The van der Waals surface area contributed by atoms with Crippen LogP contribution in [0.5, 0.6) is 0 Å². The van der Waals surface area contributed by atoms with Crippen LogP contribution >= 0.6 is 15.9 Å². The lowest BCUT2D eigenvalue weighted by atomic mass is 10.2. The van der Waals surface area contributed by atoms with E-state index in [1.807, 2.05) is 6.92 Å². The fourth-order valence-corrected chi connectivity index (χ4v) is 3.63. The van der Waals surface area contributed by atoms with E-state index in [1.165, 1.54) is 19.4 Å². The summed E-state index contributed by atoms with van der Waals surface area (Å²) in [7, 11) is -2.20. The zero-order valence-corrected chi connectivity index (χ0v) is 13.8. The van der Waals surface area contributed by atoms with Crippen LogP contribution in [0.1, 0.15) is 19.8 Å². The third-order valence-electron chi connectivity index (χ3n) is 2.57. The Labute approximate surface area is 127 Å². The lowest BCUT2D eigenvalue weighted by Crippen LogP contribution is -2.38. The van der Waals surface area contributed by atoms with E-state index < -0.39 is 10.0 Å². The van der Waals surface area contributed by atoms with Crippen LogP contribution < -0.4 is 16.0 Å². The molecule has 9 heteroatoms. The van der Waals surface area contributed by atoms with Gasteiger partial charge in [0.1, 0.15) is 4.90 Å². The highest BCUT2D eigenvalue weighted by atomic mass is 79.9. The summed E-state index contributed by atoms with van der Waals surface area (Å²) in [6.07, 6.45) is 2.99. The molecule has 0 amide bonds. The number of aromatic nitrogens is 1. The van der Waals surface area contributed by atoms with E-state index in [0.29, 0.717) is 17.5 Å². The van der Waals surface area contributed by atoms with Gasteiger partial charge in [0.05, 0.1) is 6.61 Å². The molecule has 7 nitrogen and oxygen atoms in total. The molecule has 0 radical (unpaired) electrons. The van der Waals surface area contributed by atoms with Crippen LogP contribution in [0.2, 0.25) is 0 Å². The molecule has 4 N–H and O–H groups in total. The van der Waals surface area contributed by atoms with Gasteiger partial charge in [-0.3, -0.25) is 0 Å². The van der Waals surface area contributed by atoms with Crippen molar-refractivity contribution in [3.63, 3.8) is 0 Å². The van der Waals surface area contributed by atoms with Crippen molar-refractivity contribution in [1.82, 2.24) is 9.71 Å². The Morgan fingerprint density at radius 1 is 1.55 bits per heavy atom. The average Bonchev–Trinajstić information content (AvgIpc) is 2.39. The number of nitrogens with zero attached hydrogens (tertiary/aromatic N) is 1. The van der Waals surface area contributed by atoms with Gasteiger partial charge in [0, 0.05) is 23.8 Å². The van der Waals surface area contributed by atoms with Gasteiger partial charge in [-0.25, -0.2) is 24.0 Å². The second kappa shape index (κ2) is 7.89. The van der Waals surface area contributed by atoms with Gasteiger partial charge in [-0.2, -0.15) is 0 Å². The summed E-state index contributed by atoms with van der Waals surface area (Å²) in [6, 6.07) is 1.15. The van der Waals surface area contributed by atoms with Crippen LogP contribution in [-0.2, 0) is 14.8 Å². The van der Waals surface area contributed by atoms with Gasteiger partial charge in [0.2, 0.25) is 10.0 Å². The Bertz CT molecular complexity index is 532. The number of rotatable bonds is 8. The Morgan fingerprint density at radius 3 is 2.80 bits per heavy atom. The van der Waals surface area contributed by atoms with Gasteiger partial charge in [0.15, 0.2) is 5.82 Å². The van der Waals surface area contributed by atoms with Gasteiger partial charge in [-0.05, 0) is 28.4 Å². The number of methoxy groups -OCH3 is 1. The van der Waals surface area contributed by atoms with E-state index in [-0.39, 0.29) is 16.8 Å². The van der Waals surface area contributed by atoms with Crippen LogP contribution in [0.15, 0.2) is 21.6 Å². The molecule has 114 valence electrons. The molecule has 1 heterocycles. The van der Waals surface area contributed by atoms with Crippen LogP contribution in [0.25, 0.3) is 0 Å². The van der Waals surface area contributed by atoms with Gasteiger partial charge in [-0.15, -0.1) is 0 Å². The molecular formula is C11H19BrN4O3S. The quantitative estimate of drug-likeness (QED) is 0.471. The maximum atomic E-state index is 12.4. The van der Waals surface area contributed by atoms with E-state index in [9.17, 15) is 8.42 Å². The molecular weight excluding hydrogens is 348 g/mol. The van der Waals surface area contributed by atoms with Crippen molar-refractivity contribution in [3.05, 3.63) is 16.7 Å². The van der Waals surface area contributed by atoms with Crippen LogP contribution in [0, 0.1) is 0 Å². The second-order valence-corrected chi connectivity index (χ2v) is 6.80. The first-order valence-electron chi connectivity index (χ1n) is 6.08. The fourth-order valence-electron chi connectivity index (χ4n) is 1.74. The zero-order valence-electron chi connectivity index (χ0n) is 11.4. The summed E-state index contributed by atoms with van der Waals surface area (Å²) in [5.41, 5.74) is 2.28. The normalized spacial score (nSPS) is 13.2. The summed E-state index contributed by atoms with van der Waals surface area (Å²) in [5.74, 6) is 5.39. The number of nitrogen functional groups attached to an aromatic ring is 1. The van der Waals surface area contributed by atoms with Gasteiger partial charge in [-0.1, -0.05) is 13.3 Å².